The highest BCUT2D eigenvalue weighted by molar-refractivity contribution is 5.74. The van der Waals surface area contributed by atoms with Crippen molar-refractivity contribution in [3.05, 3.63) is 59.5 Å². The minimum Gasteiger partial charge on any atom is -0.469 e. The van der Waals surface area contributed by atoms with Crippen molar-refractivity contribution in [2.75, 3.05) is 6.54 Å². The van der Waals surface area contributed by atoms with Gasteiger partial charge in [0.25, 0.3) is 0 Å². The number of carbonyl (C=O) groups is 1. The van der Waals surface area contributed by atoms with Crippen molar-refractivity contribution < 1.29 is 9.21 Å². The summed E-state index contributed by atoms with van der Waals surface area (Å²) in [5, 5.41) is 5.86. The molecule has 1 aromatic heterocycles. The maximum atomic E-state index is 11.8. The summed E-state index contributed by atoms with van der Waals surface area (Å²) in [4.78, 5) is 11.8. The molecule has 4 nitrogen and oxygen atoms in total. The average molecular weight is 300 g/mol. The van der Waals surface area contributed by atoms with Gasteiger partial charge in [0.2, 0.25) is 0 Å². The Labute approximate surface area is 131 Å². The highest BCUT2D eigenvalue weighted by Crippen LogP contribution is 2.07. The minimum absolute atomic E-state index is 0.111. The Bertz CT molecular complexity index is 579. The van der Waals surface area contributed by atoms with Gasteiger partial charge in [0, 0.05) is 19.0 Å². The normalized spacial score (nSPS) is 11.9. The monoisotopic (exact) mass is 300 g/mol. The number of urea groups is 1. The zero-order valence-corrected chi connectivity index (χ0v) is 13.3. The fourth-order valence-corrected chi connectivity index (χ4v) is 2.36. The molecule has 0 saturated heterocycles. The smallest absolute Gasteiger partial charge is 0.315 e. The second-order valence-electron chi connectivity index (χ2n) is 5.60. The summed E-state index contributed by atoms with van der Waals surface area (Å²) in [7, 11) is 0. The molecule has 0 aliphatic heterocycles. The van der Waals surface area contributed by atoms with E-state index in [1.54, 1.807) is 6.26 Å². The van der Waals surface area contributed by atoms with Crippen LogP contribution in [-0.4, -0.2) is 18.6 Å². The Hall–Kier alpha value is -2.23. The summed E-state index contributed by atoms with van der Waals surface area (Å²) in [6.45, 7) is 4.73. The number of aryl methyl sites for hydroxylation is 2. The lowest BCUT2D eigenvalue weighted by molar-refractivity contribution is 0.237. The molecule has 1 heterocycles. The first kappa shape index (κ1) is 16.1. The summed E-state index contributed by atoms with van der Waals surface area (Å²) in [6.07, 6.45) is 4.21. The maximum Gasteiger partial charge on any atom is 0.315 e. The van der Waals surface area contributed by atoms with Crippen LogP contribution in [-0.2, 0) is 12.8 Å². The van der Waals surface area contributed by atoms with Crippen LogP contribution in [0.5, 0.6) is 0 Å². The molecule has 1 atom stereocenters. The zero-order chi connectivity index (χ0) is 15.8. The Balaban J connectivity index is 1.64. The molecule has 1 aromatic carbocycles. The van der Waals surface area contributed by atoms with Crippen LogP contribution in [0.4, 0.5) is 4.79 Å². The van der Waals surface area contributed by atoms with Crippen LogP contribution in [0, 0.1) is 6.92 Å². The van der Waals surface area contributed by atoms with E-state index in [1.165, 1.54) is 11.1 Å². The molecule has 118 valence electrons. The van der Waals surface area contributed by atoms with E-state index < -0.39 is 0 Å². The molecule has 2 N–H and O–H groups in total. The van der Waals surface area contributed by atoms with E-state index in [0.717, 1.165) is 25.0 Å². The van der Waals surface area contributed by atoms with E-state index in [2.05, 4.69) is 29.7 Å². The molecule has 22 heavy (non-hydrogen) atoms. The third-order valence-corrected chi connectivity index (χ3v) is 3.72. The molecule has 2 rings (SSSR count). The topological polar surface area (TPSA) is 54.3 Å². The lowest BCUT2D eigenvalue weighted by atomic mass is 10.1. The molecule has 0 aliphatic rings. The predicted octanol–water partition coefficient (Wildman–Crippen LogP) is 3.45. The second kappa shape index (κ2) is 8.27. The number of hydrogen-bond donors (Lipinski definition) is 2. The van der Waals surface area contributed by atoms with Crippen molar-refractivity contribution in [3.63, 3.8) is 0 Å². The van der Waals surface area contributed by atoms with Gasteiger partial charge in [-0.2, -0.15) is 0 Å². The highest BCUT2D eigenvalue weighted by Gasteiger charge is 2.08. The SMILES string of the molecule is Cc1ccccc1CCNC(=O)NC(C)CCc1ccco1. The number of benzene rings is 1. The first-order chi connectivity index (χ1) is 10.6. The number of hydrogen-bond acceptors (Lipinski definition) is 2. The third kappa shape index (κ3) is 5.28. The van der Waals surface area contributed by atoms with E-state index in [4.69, 9.17) is 4.42 Å². The molecule has 1 unspecified atom stereocenters. The molecule has 0 aliphatic carbocycles. The van der Waals surface area contributed by atoms with Crippen LogP contribution in [0.25, 0.3) is 0 Å². The predicted molar refractivity (Wildman–Crippen MR) is 87.9 cm³/mol. The first-order valence-corrected chi connectivity index (χ1v) is 7.76. The summed E-state index contributed by atoms with van der Waals surface area (Å²) in [5.41, 5.74) is 2.53. The Morgan fingerprint density at radius 3 is 2.73 bits per heavy atom. The van der Waals surface area contributed by atoms with Gasteiger partial charge in [-0.05, 0) is 49.9 Å². The van der Waals surface area contributed by atoms with E-state index in [9.17, 15) is 4.79 Å². The van der Waals surface area contributed by atoms with Gasteiger partial charge in [0.15, 0.2) is 0 Å². The molecule has 0 saturated carbocycles. The molecule has 2 aromatic rings. The van der Waals surface area contributed by atoms with Crippen LogP contribution in [0.1, 0.15) is 30.2 Å². The van der Waals surface area contributed by atoms with Gasteiger partial charge in [-0.3, -0.25) is 0 Å². The molecule has 4 heteroatoms. The van der Waals surface area contributed by atoms with Gasteiger partial charge in [-0.15, -0.1) is 0 Å². The molecule has 2 amide bonds. The quantitative estimate of drug-likeness (QED) is 0.823. The van der Waals surface area contributed by atoms with Crippen molar-refractivity contribution in [3.8, 4) is 0 Å². The molecule has 0 fully saturated rings. The van der Waals surface area contributed by atoms with Crippen LogP contribution < -0.4 is 10.6 Å². The van der Waals surface area contributed by atoms with E-state index in [1.807, 2.05) is 31.2 Å². The maximum absolute atomic E-state index is 11.8. The van der Waals surface area contributed by atoms with Gasteiger partial charge in [0.05, 0.1) is 6.26 Å². The molecular weight excluding hydrogens is 276 g/mol. The zero-order valence-electron chi connectivity index (χ0n) is 13.3. The fourth-order valence-electron chi connectivity index (χ4n) is 2.36. The van der Waals surface area contributed by atoms with Gasteiger partial charge in [-0.1, -0.05) is 24.3 Å². The lowest BCUT2D eigenvalue weighted by Crippen LogP contribution is -2.41. The van der Waals surface area contributed by atoms with Crippen molar-refractivity contribution >= 4 is 6.03 Å². The van der Waals surface area contributed by atoms with Gasteiger partial charge >= 0.3 is 6.03 Å². The van der Waals surface area contributed by atoms with Gasteiger partial charge in [-0.25, -0.2) is 4.79 Å². The number of nitrogens with one attached hydrogen (secondary N) is 2. The van der Waals surface area contributed by atoms with Gasteiger partial charge in [0.1, 0.15) is 5.76 Å². The molecular formula is C18H24N2O2. The second-order valence-corrected chi connectivity index (χ2v) is 5.60. The summed E-state index contributed by atoms with van der Waals surface area (Å²) < 4.78 is 5.29. The summed E-state index contributed by atoms with van der Waals surface area (Å²) >= 11 is 0. The molecule has 0 spiro atoms. The fraction of sp³-hybridized carbons (Fsp3) is 0.389. The van der Waals surface area contributed by atoms with Crippen LogP contribution >= 0.6 is 0 Å². The minimum atomic E-state index is -0.111. The van der Waals surface area contributed by atoms with Crippen molar-refractivity contribution in [2.24, 2.45) is 0 Å². The van der Waals surface area contributed by atoms with Gasteiger partial charge < -0.3 is 15.1 Å². The number of rotatable bonds is 7. The Morgan fingerprint density at radius 2 is 2.00 bits per heavy atom. The van der Waals surface area contributed by atoms with Crippen molar-refractivity contribution in [1.82, 2.24) is 10.6 Å². The van der Waals surface area contributed by atoms with Crippen molar-refractivity contribution in [1.29, 1.82) is 0 Å². The number of amides is 2. The Morgan fingerprint density at radius 1 is 1.18 bits per heavy atom. The highest BCUT2D eigenvalue weighted by atomic mass is 16.3. The van der Waals surface area contributed by atoms with Crippen molar-refractivity contribution in [2.45, 2.75) is 39.2 Å². The van der Waals surface area contributed by atoms with Crippen LogP contribution in [0.15, 0.2) is 47.1 Å². The summed E-state index contributed by atoms with van der Waals surface area (Å²) in [5.74, 6) is 0.952. The Kier molecular flexibility index (Phi) is 6.07. The average Bonchev–Trinajstić information content (AvgIpc) is 3.00. The summed E-state index contributed by atoms with van der Waals surface area (Å²) in [6, 6.07) is 12.1. The number of furan rings is 1. The molecule has 0 radical (unpaired) electrons. The lowest BCUT2D eigenvalue weighted by Gasteiger charge is -2.14. The largest absolute Gasteiger partial charge is 0.469 e. The number of carbonyl (C=O) groups excluding carboxylic acids is 1. The molecule has 0 bridgehead atoms. The standard InChI is InChI=1S/C18H24N2O2/c1-14-6-3-4-7-16(14)11-12-19-18(21)20-15(2)9-10-17-8-5-13-22-17/h3-8,13,15H,9-12H2,1-2H3,(H2,19,20,21). The van der Waals surface area contributed by atoms with Crippen LogP contribution in [0.3, 0.4) is 0 Å². The van der Waals surface area contributed by atoms with E-state index >= 15 is 0 Å². The van der Waals surface area contributed by atoms with E-state index in [-0.39, 0.29) is 12.1 Å². The van der Waals surface area contributed by atoms with Crippen LogP contribution in [0.2, 0.25) is 0 Å². The third-order valence-electron chi connectivity index (χ3n) is 3.72. The van der Waals surface area contributed by atoms with E-state index in [0.29, 0.717) is 6.54 Å². The first-order valence-electron chi connectivity index (χ1n) is 7.76.